The monoisotopic (exact) mass is 324 g/mol. The summed E-state index contributed by atoms with van der Waals surface area (Å²) in [4.78, 5) is 13.1. The molecule has 1 aromatic carbocycles. The van der Waals surface area contributed by atoms with Crippen LogP contribution in [-0.4, -0.2) is 20.3 Å². The minimum absolute atomic E-state index is 0.239. The van der Waals surface area contributed by atoms with Crippen LogP contribution in [0.5, 0.6) is 0 Å². The number of carbonyl (C=O) groups excluding carboxylic acids is 1. The van der Waals surface area contributed by atoms with Gasteiger partial charge in [0.1, 0.15) is 7.22 Å². The number of ether oxygens (including phenoxy) is 1. The van der Waals surface area contributed by atoms with Crippen LogP contribution in [0.4, 0.5) is 0 Å². The smallest absolute Gasteiger partial charge is 0.338 e. The Labute approximate surface area is 134 Å². The molecule has 0 fully saturated rings. The average Bonchev–Trinajstić information content (AvgIpc) is 2.43. The summed E-state index contributed by atoms with van der Waals surface area (Å²) in [5.74, 6) is -0.239. The summed E-state index contributed by atoms with van der Waals surface area (Å²) >= 11 is 1.97. The standard InChI is InChI=1S/C17H28O2SSi/c1-12(2)21(13(3)4,14(5)6)20-16-11-9-8-10-15(16)17(18)19-7/h8-14H,1-7H3. The number of esters is 1. The Hall–Kier alpha value is -0.743. The third-order valence-electron chi connectivity index (χ3n) is 4.29. The molecule has 0 atom stereocenters. The van der Waals surface area contributed by atoms with Crippen LogP contribution in [0.15, 0.2) is 29.2 Å². The van der Waals surface area contributed by atoms with Crippen LogP contribution < -0.4 is 0 Å². The van der Waals surface area contributed by atoms with Crippen LogP contribution in [-0.2, 0) is 4.74 Å². The molecule has 0 bridgehead atoms. The highest BCUT2D eigenvalue weighted by molar-refractivity contribution is 8.29. The maximum absolute atomic E-state index is 12.0. The van der Waals surface area contributed by atoms with Crippen molar-refractivity contribution in [3.8, 4) is 0 Å². The van der Waals surface area contributed by atoms with Gasteiger partial charge in [-0.05, 0) is 28.8 Å². The Bertz CT molecular complexity index is 462. The molecular formula is C17H28O2SSi. The molecule has 2 nitrogen and oxygen atoms in total. The molecule has 0 aromatic heterocycles. The summed E-state index contributed by atoms with van der Waals surface area (Å²) in [6.45, 7) is 14.0. The molecule has 0 spiro atoms. The molecule has 0 aliphatic heterocycles. The second kappa shape index (κ2) is 7.50. The first-order valence-electron chi connectivity index (χ1n) is 7.63. The third kappa shape index (κ3) is 3.72. The lowest BCUT2D eigenvalue weighted by molar-refractivity contribution is 0.0597. The van der Waals surface area contributed by atoms with Crippen molar-refractivity contribution >= 4 is 24.4 Å². The van der Waals surface area contributed by atoms with Crippen LogP contribution in [0.2, 0.25) is 16.6 Å². The lowest BCUT2D eigenvalue weighted by Gasteiger charge is -2.42. The van der Waals surface area contributed by atoms with Gasteiger partial charge in [0.2, 0.25) is 0 Å². The van der Waals surface area contributed by atoms with E-state index in [0.717, 1.165) is 4.90 Å². The van der Waals surface area contributed by atoms with Gasteiger partial charge in [0.25, 0.3) is 0 Å². The molecule has 0 saturated carbocycles. The summed E-state index contributed by atoms with van der Waals surface area (Å²) < 4.78 is 4.94. The van der Waals surface area contributed by atoms with Crippen LogP contribution in [0.3, 0.4) is 0 Å². The Morgan fingerprint density at radius 3 is 1.90 bits per heavy atom. The lowest BCUT2D eigenvalue weighted by atomic mass is 10.2. The first-order valence-corrected chi connectivity index (χ1v) is 11.4. The first kappa shape index (κ1) is 18.3. The first-order chi connectivity index (χ1) is 9.77. The fourth-order valence-electron chi connectivity index (χ4n) is 3.38. The molecule has 118 valence electrons. The predicted molar refractivity (Wildman–Crippen MR) is 94.7 cm³/mol. The van der Waals surface area contributed by atoms with Gasteiger partial charge in [-0.15, -0.1) is 11.2 Å². The molecule has 0 unspecified atom stereocenters. The normalized spacial score (nSPS) is 12.3. The highest BCUT2D eigenvalue weighted by Gasteiger charge is 2.44. The van der Waals surface area contributed by atoms with Gasteiger partial charge in [0.15, 0.2) is 0 Å². The molecule has 0 radical (unpaired) electrons. The van der Waals surface area contributed by atoms with Crippen molar-refractivity contribution in [1.82, 2.24) is 0 Å². The Morgan fingerprint density at radius 2 is 1.48 bits per heavy atom. The summed E-state index contributed by atoms with van der Waals surface area (Å²) in [6, 6.07) is 7.84. The Kier molecular flexibility index (Phi) is 6.54. The van der Waals surface area contributed by atoms with Gasteiger partial charge in [-0.1, -0.05) is 53.7 Å². The van der Waals surface area contributed by atoms with Crippen LogP contribution in [0.1, 0.15) is 51.9 Å². The fraction of sp³-hybridized carbons (Fsp3) is 0.588. The number of rotatable bonds is 6. The van der Waals surface area contributed by atoms with E-state index in [1.165, 1.54) is 7.11 Å². The zero-order valence-corrected chi connectivity index (χ0v) is 16.1. The van der Waals surface area contributed by atoms with Gasteiger partial charge in [0.05, 0.1) is 12.7 Å². The van der Waals surface area contributed by atoms with Crippen molar-refractivity contribution in [2.24, 2.45) is 0 Å². The zero-order valence-electron chi connectivity index (χ0n) is 14.3. The van der Waals surface area contributed by atoms with E-state index in [1.54, 1.807) is 0 Å². The molecule has 0 N–H and O–H groups in total. The highest BCUT2D eigenvalue weighted by Crippen LogP contribution is 2.52. The zero-order chi connectivity index (χ0) is 16.2. The summed E-state index contributed by atoms with van der Waals surface area (Å²) in [7, 11) is -0.203. The van der Waals surface area contributed by atoms with Gasteiger partial charge < -0.3 is 4.74 Å². The molecule has 4 heteroatoms. The second-order valence-corrected chi connectivity index (χ2v) is 15.0. The van der Waals surface area contributed by atoms with Crippen molar-refractivity contribution in [3.05, 3.63) is 29.8 Å². The van der Waals surface area contributed by atoms with Crippen molar-refractivity contribution in [2.75, 3.05) is 7.11 Å². The lowest BCUT2D eigenvalue weighted by Crippen LogP contribution is -2.41. The maximum Gasteiger partial charge on any atom is 0.338 e. The van der Waals surface area contributed by atoms with E-state index in [9.17, 15) is 4.79 Å². The van der Waals surface area contributed by atoms with E-state index in [2.05, 4.69) is 47.6 Å². The molecular weight excluding hydrogens is 296 g/mol. The summed E-state index contributed by atoms with van der Waals surface area (Å²) in [6.07, 6.45) is 0. The molecule has 0 aliphatic carbocycles. The number of hydrogen-bond acceptors (Lipinski definition) is 3. The summed E-state index contributed by atoms with van der Waals surface area (Å²) in [5.41, 5.74) is 2.64. The minimum Gasteiger partial charge on any atom is -0.465 e. The van der Waals surface area contributed by atoms with Gasteiger partial charge in [-0.3, -0.25) is 0 Å². The van der Waals surface area contributed by atoms with Crippen molar-refractivity contribution in [1.29, 1.82) is 0 Å². The number of hydrogen-bond donors (Lipinski definition) is 0. The maximum atomic E-state index is 12.0. The van der Waals surface area contributed by atoms with Crippen LogP contribution in [0, 0.1) is 0 Å². The molecule has 21 heavy (non-hydrogen) atoms. The van der Waals surface area contributed by atoms with E-state index >= 15 is 0 Å². The van der Waals surface area contributed by atoms with Crippen molar-refractivity contribution < 1.29 is 9.53 Å². The quantitative estimate of drug-likeness (QED) is 0.493. The molecule has 1 aromatic rings. The minimum atomic E-state index is -1.65. The van der Waals surface area contributed by atoms with Gasteiger partial charge in [-0.25, -0.2) is 4.79 Å². The molecule has 0 aliphatic rings. The van der Waals surface area contributed by atoms with E-state index in [-0.39, 0.29) is 5.97 Å². The predicted octanol–water partition coefficient (Wildman–Crippen LogP) is 5.74. The largest absolute Gasteiger partial charge is 0.465 e. The van der Waals surface area contributed by atoms with Crippen LogP contribution in [0.25, 0.3) is 0 Å². The summed E-state index contributed by atoms with van der Waals surface area (Å²) in [5, 5.41) is 0. The number of benzene rings is 1. The van der Waals surface area contributed by atoms with E-state index < -0.39 is 7.22 Å². The SMILES string of the molecule is COC(=O)c1ccccc1S[Si](C(C)C)(C(C)C)C(C)C. The molecule has 1 rings (SSSR count). The molecule has 0 heterocycles. The number of carbonyl (C=O) groups is 1. The highest BCUT2D eigenvalue weighted by atomic mass is 32.4. The average molecular weight is 325 g/mol. The Morgan fingerprint density at radius 1 is 1.00 bits per heavy atom. The van der Waals surface area contributed by atoms with Crippen LogP contribution >= 0.6 is 11.2 Å². The van der Waals surface area contributed by atoms with E-state index in [4.69, 9.17) is 4.74 Å². The van der Waals surface area contributed by atoms with Gasteiger partial charge >= 0.3 is 5.97 Å². The number of methoxy groups -OCH3 is 1. The van der Waals surface area contributed by atoms with Gasteiger partial charge in [-0.2, -0.15) is 0 Å². The van der Waals surface area contributed by atoms with Gasteiger partial charge in [0, 0.05) is 4.90 Å². The third-order valence-corrected chi connectivity index (χ3v) is 16.6. The van der Waals surface area contributed by atoms with E-state index in [0.29, 0.717) is 22.2 Å². The topological polar surface area (TPSA) is 26.3 Å². The Balaban J connectivity index is 3.31. The van der Waals surface area contributed by atoms with E-state index in [1.807, 2.05) is 29.4 Å². The van der Waals surface area contributed by atoms with Crippen molar-refractivity contribution in [3.63, 3.8) is 0 Å². The molecule has 0 saturated heterocycles. The van der Waals surface area contributed by atoms with Crippen molar-refractivity contribution in [2.45, 2.75) is 63.1 Å². The molecule has 0 amide bonds. The fourth-order valence-corrected chi connectivity index (χ4v) is 12.7. The second-order valence-electron chi connectivity index (χ2n) is 6.41.